The molecule has 0 aromatic carbocycles. The van der Waals surface area contributed by atoms with E-state index in [0.717, 1.165) is 0 Å². The van der Waals surface area contributed by atoms with E-state index in [4.69, 9.17) is 36.1 Å². The largest absolute Gasteiger partial charge is 0.468 e. The van der Waals surface area contributed by atoms with Crippen molar-refractivity contribution in [2.75, 3.05) is 32.8 Å². The molecule has 0 spiro atoms. The van der Waals surface area contributed by atoms with E-state index in [-0.39, 0.29) is 31.8 Å². The van der Waals surface area contributed by atoms with Crippen LogP contribution in [0.15, 0.2) is 11.8 Å². The number of hydrogen-bond acceptors (Lipinski definition) is 13. The van der Waals surface area contributed by atoms with Crippen LogP contribution in [0.25, 0.3) is 0 Å². The lowest BCUT2D eigenvalue weighted by Gasteiger charge is -2.47. The number of amides is 1. The van der Waals surface area contributed by atoms with Gasteiger partial charge in [-0.05, 0) is 64.1 Å². The highest BCUT2D eigenvalue weighted by Gasteiger charge is 2.49. The van der Waals surface area contributed by atoms with Crippen LogP contribution in [-0.4, -0.2) is 119 Å². The van der Waals surface area contributed by atoms with E-state index < -0.39 is 60.3 Å². The second kappa shape index (κ2) is 14.6. The number of carbonyl (C=O) groups is 1. The molecule has 4 rings (SSSR count). The van der Waals surface area contributed by atoms with Gasteiger partial charge in [0.15, 0.2) is 12.6 Å². The number of aliphatic hydroxyl groups is 4. The Morgan fingerprint density at radius 3 is 2.62 bits per heavy atom. The summed E-state index contributed by atoms with van der Waals surface area (Å²) in [4.78, 5) is 12.6. The van der Waals surface area contributed by atoms with Gasteiger partial charge in [0.05, 0.1) is 30.4 Å². The molecule has 2 aliphatic heterocycles. The lowest BCUT2D eigenvalue weighted by Crippen LogP contribution is -2.66. The zero-order chi connectivity index (χ0) is 30.5. The molecule has 2 aliphatic carbocycles. The number of allylic oxidation sites excluding steroid dienone is 1. The highest BCUT2D eigenvalue weighted by molar-refractivity contribution is 5.76. The molecule has 0 aromatic heterocycles. The summed E-state index contributed by atoms with van der Waals surface area (Å²) in [7, 11) is 0. The average Bonchev–Trinajstić information content (AvgIpc) is 2.91. The van der Waals surface area contributed by atoms with Gasteiger partial charge < -0.3 is 67.2 Å². The molecule has 242 valence electrons. The third-order valence-corrected chi connectivity index (χ3v) is 8.58. The Kier molecular flexibility index (Phi) is 11.6. The maximum atomic E-state index is 12.6. The van der Waals surface area contributed by atoms with Crippen molar-refractivity contribution in [2.45, 2.75) is 119 Å². The molecule has 14 nitrogen and oxygen atoms in total. The van der Waals surface area contributed by atoms with Gasteiger partial charge in [-0.15, -0.1) is 0 Å². The summed E-state index contributed by atoms with van der Waals surface area (Å²) in [5, 5.41) is 49.0. The second-order valence-corrected chi connectivity index (χ2v) is 12.7. The summed E-state index contributed by atoms with van der Waals surface area (Å²) in [6, 6.07) is -1.33. The van der Waals surface area contributed by atoms with Crippen molar-refractivity contribution in [3.8, 4) is 0 Å². The average molecular weight is 602 g/mol. The molecule has 14 heteroatoms. The number of hydrogen-bond donors (Lipinski definition) is 9. The predicted molar refractivity (Wildman–Crippen MR) is 151 cm³/mol. The molecule has 0 unspecified atom stereocenters. The van der Waals surface area contributed by atoms with Crippen molar-refractivity contribution in [3.05, 3.63) is 11.8 Å². The number of aliphatic hydroxyl groups excluding tert-OH is 2. The van der Waals surface area contributed by atoms with Crippen LogP contribution in [0.3, 0.4) is 0 Å². The highest BCUT2D eigenvalue weighted by atomic mass is 16.7. The Bertz CT molecular complexity index is 918. The van der Waals surface area contributed by atoms with Gasteiger partial charge in [0.25, 0.3) is 0 Å². The summed E-state index contributed by atoms with van der Waals surface area (Å²) >= 11 is 0. The molecule has 1 saturated heterocycles. The van der Waals surface area contributed by atoms with Crippen molar-refractivity contribution >= 4 is 5.91 Å². The number of ether oxygens (including phenoxy) is 4. The van der Waals surface area contributed by atoms with Crippen molar-refractivity contribution in [3.63, 3.8) is 0 Å². The second-order valence-electron chi connectivity index (χ2n) is 12.7. The van der Waals surface area contributed by atoms with Gasteiger partial charge in [-0.2, -0.15) is 0 Å². The molecule has 12 N–H and O–H groups in total. The first-order chi connectivity index (χ1) is 19.9. The summed E-state index contributed by atoms with van der Waals surface area (Å²) in [5.74, 6) is 0.779. The summed E-state index contributed by atoms with van der Waals surface area (Å²) in [5.41, 5.74) is 15.7. The van der Waals surface area contributed by atoms with Crippen LogP contribution in [0.2, 0.25) is 0 Å². The monoisotopic (exact) mass is 601 g/mol. The normalized spacial score (nSPS) is 42.3. The molecule has 0 bridgehead atoms. The number of nitrogens with one attached hydrogen (secondary N) is 2. The van der Waals surface area contributed by atoms with Crippen LogP contribution in [0, 0.1) is 5.92 Å². The summed E-state index contributed by atoms with van der Waals surface area (Å²) in [6.07, 6.45) is -0.595. The molecule has 2 saturated carbocycles. The molecular formula is C28H51N5O9. The van der Waals surface area contributed by atoms with Gasteiger partial charge in [0.2, 0.25) is 5.91 Å². The number of nitrogens with two attached hydrogens (primary N) is 3. The topological polar surface area (TPSA) is 237 Å². The Morgan fingerprint density at radius 2 is 1.93 bits per heavy atom. The van der Waals surface area contributed by atoms with Gasteiger partial charge in [-0.25, -0.2) is 0 Å². The first-order valence-electron chi connectivity index (χ1n) is 15.2. The fraction of sp³-hybridized carbons (Fsp3) is 0.893. The van der Waals surface area contributed by atoms with E-state index in [9.17, 15) is 25.2 Å². The minimum atomic E-state index is -1.29. The standard InChI is InChI=1S/C28H51N5O9/c1-27(37)11-20(34)26(39-15-27)42-25-19(33-21(35)5-3-7-29)8-18(31)24(23(25)36)41-22-6-2-4-17(40-22)13-32-14-28(38)9-16(10-28)12-30/h4,16,18-20,22-26,32,34,36-38H,2-3,5-15,29-31H2,1H3,(H,33,35)/t16?,18-,19+,20+,22+,23-,24+,25-,26+,27+,28?/m0/s1. The fourth-order valence-electron chi connectivity index (χ4n) is 6.33. The van der Waals surface area contributed by atoms with Crippen molar-refractivity contribution in [1.82, 2.24) is 10.6 Å². The van der Waals surface area contributed by atoms with Crippen LogP contribution in [0.5, 0.6) is 0 Å². The molecule has 0 radical (unpaired) electrons. The minimum absolute atomic E-state index is 0.0253. The van der Waals surface area contributed by atoms with Crippen LogP contribution in [-0.2, 0) is 23.7 Å². The van der Waals surface area contributed by atoms with E-state index >= 15 is 0 Å². The number of carbonyl (C=O) groups excluding carboxylic acids is 1. The molecule has 3 fully saturated rings. The van der Waals surface area contributed by atoms with E-state index in [1.807, 2.05) is 6.08 Å². The zero-order valence-corrected chi connectivity index (χ0v) is 24.5. The van der Waals surface area contributed by atoms with Crippen LogP contribution < -0.4 is 27.8 Å². The lowest BCUT2D eigenvalue weighted by atomic mass is 9.71. The van der Waals surface area contributed by atoms with Gasteiger partial charge >= 0.3 is 0 Å². The van der Waals surface area contributed by atoms with Crippen LogP contribution in [0.4, 0.5) is 0 Å². The summed E-state index contributed by atoms with van der Waals surface area (Å²) in [6.45, 7) is 3.28. The van der Waals surface area contributed by atoms with E-state index in [1.54, 1.807) is 6.92 Å². The molecule has 0 aromatic rings. The van der Waals surface area contributed by atoms with Gasteiger partial charge in [0.1, 0.15) is 30.2 Å². The first-order valence-corrected chi connectivity index (χ1v) is 15.2. The lowest BCUT2D eigenvalue weighted by molar-refractivity contribution is -0.297. The van der Waals surface area contributed by atoms with Gasteiger partial charge in [-0.3, -0.25) is 4.79 Å². The third kappa shape index (κ3) is 8.82. The fourth-order valence-corrected chi connectivity index (χ4v) is 6.33. The van der Waals surface area contributed by atoms with E-state index in [2.05, 4.69) is 10.6 Å². The molecule has 1 amide bonds. The first kappa shape index (κ1) is 33.5. The smallest absolute Gasteiger partial charge is 0.220 e. The molecule has 4 aliphatic rings. The van der Waals surface area contributed by atoms with Gasteiger partial charge in [0, 0.05) is 31.8 Å². The van der Waals surface area contributed by atoms with Crippen molar-refractivity contribution in [2.24, 2.45) is 23.1 Å². The Morgan fingerprint density at radius 1 is 1.17 bits per heavy atom. The predicted octanol–water partition coefficient (Wildman–Crippen LogP) is -2.36. The summed E-state index contributed by atoms with van der Waals surface area (Å²) < 4.78 is 23.9. The molecule has 42 heavy (non-hydrogen) atoms. The van der Waals surface area contributed by atoms with Crippen molar-refractivity contribution in [1.29, 1.82) is 0 Å². The SMILES string of the molecule is C[C@]1(O)CO[C@H](O[C@@H]2[C@@H](O)[C@H](O[C@@H]3CCC=C(CNCC4(O)CC(CN)C4)O3)[C@@H](N)C[C@H]2NC(=O)CCCN)[C@H](O)C1. The number of rotatable bonds is 13. The maximum Gasteiger partial charge on any atom is 0.220 e. The third-order valence-electron chi connectivity index (χ3n) is 8.58. The zero-order valence-electron chi connectivity index (χ0n) is 24.5. The Hall–Kier alpha value is -1.43. The van der Waals surface area contributed by atoms with E-state index in [0.29, 0.717) is 70.0 Å². The van der Waals surface area contributed by atoms with Crippen molar-refractivity contribution < 1.29 is 44.2 Å². The van der Waals surface area contributed by atoms with Crippen LogP contribution in [0.1, 0.15) is 58.3 Å². The highest BCUT2D eigenvalue weighted by Crippen LogP contribution is 2.36. The molecular weight excluding hydrogens is 550 g/mol. The molecule has 2 heterocycles. The Labute approximate surface area is 247 Å². The Balaban J connectivity index is 1.36. The molecule has 9 atom stereocenters. The maximum absolute atomic E-state index is 12.6. The quantitative estimate of drug-likeness (QED) is 0.108. The van der Waals surface area contributed by atoms with Gasteiger partial charge in [-0.1, -0.05) is 0 Å². The minimum Gasteiger partial charge on any atom is -0.468 e. The van der Waals surface area contributed by atoms with E-state index in [1.165, 1.54) is 0 Å². The van der Waals surface area contributed by atoms with Crippen LogP contribution >= 0.6 is 0 Å².